The molecule has 2 amide bonds. The molecule has 25 heavy (non-hydrogen) atoms. The highest BCUT2D eigenvalue weighted by Crippen LogP contribution is 2.35. The largest absolute Gasteiger partial charge is 0.460 e. The zero-order chi connectivity index (χ0) is 18.9. The molecule has 136 valence electrons. The molecule has 7 nitrogen and oxygen atoms in total. The van der Waals surface area contributed by atoms with E-state index in [-0.39, 0.29) is 23.9 Å². The Hall–Kier alpha value is -2.15. The predicted octanol–water partition coefficient (Wildman–Crippen LogP) is 2.23. The number of rotatable bonds is 5. The van der Waals surface area contributed by atoms with E-state index < -0.39 is 29.6 Å². The van der Waals surface area contributed by atoms with E-state index in [9.17, 15) is 14.4 Å². The molecule has 0 fully saturated rings. The van der Waals surface area contributed by atoms with Crippen LogP contribution in [0.4, 0.5) is 0 Å². The van der Waals surface area contributed by atoms with E-state index in [1.807, 2.05) is 0 Å². The van der Waals surface area contributed by atoms with E-state index in [0.717, 1.165) is 0 Å². The van der Waals surface area contributed by atoms with Crippen molar-refractivity contribution in [2.45, 2.75) is 58.2 Å². The molecule has 2 atom stereocenters. The summed E-state index contributed by atoms with van der Waals surface area (Å²) in [7, 11) is 0. The summed E-state index contributed by atoms with van der Waals surface area (Å²) in [5.74, 6) is -1.47. The fourth-order valence-electron chi connectivity index (χ4n) is 2.87. The number of pyridine rings is 1. The second kappa shape index (κ2) is 7.00. The van der Waals surface area contributed by atoms with Gasteiger partial charge in [-0.3, -0.25) is 14.4 Å². The Morgan fingerprint density at radius 1 is 1.40 bits per heavy atom. The Balaban J connectivity index is 2.17. The van der Waals surface area contributed by atoms with Crippen LogP contribution >= 0.6 is 11.6 Å². The molecule has 0 aliphatic carbocycles. The highest BCUT2D eigenvalue weighted by atomic mass is 35.5. The number of carbonyl (C=O) groups is 3. The lowest BCUT2D eigenvalue weighted by molar-refractivity contribution is -0.155. The third-order valence-corrected chi connectivity index (χ3v) is 4.09. The van der Waals surface area contributed by atoms with Crippen molar-refractivity contribution < 1.29 is 19.1 Å². The smallest absolute Gasteiger partial charge is 0.306 e. The van der Waals surface area contributed by atoms with Crippen LogP contribution in [0.15, 0.2) is 12.1 Å². The molecule has 1 aliphatic rings. The maximum atomic E-state index is 12.7. The van der Waals surface area contributed by atoms with Gasteiger partial charge in [0.2, 0.25) is 5.91 Å². The number of nitrogens with zero attached hydrogens (tertiary/aromatic N) is 2. The summed E-state index contributed by atoms with van der Waals surface area (Å²) in [6.45, 7) is 7.02. The first kappa shape index (κ1) is 19.2. The quantitative estimate of drug-likeness (QED) is 0.635. The molecular weight excluding hydrogens is 346 g/mol. The minimum atomic E-state index is -0.928. The summed E-state index contributed by atoms with van der Waals surface area (Å²) in [6.07, 6.45) is 0.0634. The molecule has 2 rings (SSSR count). The number of aromatic nitrogens is 1. The monoisotopic (exact) mass is 367 g/mol. The number of halogens is 1. The number of primary amides is 1. The van der Waals surface area contributed by atoms with Gasteiger partial charge in [0.05, 0.1) is 17.3 Å². The van der Waals surface area contributed by atoms with Gasteiger partial charge in [-0.05, 0) is 46.2 Å². The topological polar surface area (TPSA) is 103 Å². The SMILES string of the molecule is C[C@@H]1c2nc(Cl)ccc2C(=O)N1[C@@H](CCC(=O)OC(C)(C)C)C(N)=O. The first-order valence-electron chi connectivity index (χ1n) is 8.01. The molecule has 1 aromatic heterocycles. The average molecular weight is 368 g/mol. The highest BCUT2D eigenvalue weighted by molar-refractivity contribution is 6.29. The van der Waals surface area contributed by atoms with Gasteiger partial charge in [0.1, 0.15) is 16.8 Å². The molecule has 0 unspecified atom stereocenters. The van der Waals surface area contributed by atoms with E-state index >= 15 is 0 Å². The summed E-state index contributed by atoms with van der Waals surface area (Å²) in [5.41, 5.74) is 5.76. The van der Waals surface area contributed by atoms with Gasteiger partial charge in [-0.1, -0.05) is 11.6 Å². The van der Waals surface area contributed by atoms with Crippen molar-refractivity contribution in [3.63, 3.8) is 0 Å². The number of hydrogen-bond donors (Lipinski definition) is 1. The molecule has 0 radical (unpaired) electrons. The van der Waals surface area contributed by atoms with Crippen LogP contribution in [0.3, 0.4) is 0 Å². The zero-order valence-electron chi connectivity index (χ0n) is 14.7. The Kier molecular flexibility index (Phi) is 5.37. The maximum Gasteiger partial charge on any atom is 0.306 e. The molecule has 0 bridgehead atoms. The molecular formula is C17H22ClN3O4. The van der Waals surface area contributed by atoms with Gasteiger partial charge in [0, 0.05) is 6.42 Å². The standard InChI is InChI=1S/C17H22ClN3O4/c1-9-14-10(5-7-12(18)20-14)16(24)21(9)11(15(19)23)6-8-13(22)25-17(2,3)4/h5,7,9,11H,6,8H2,1-4H3,(H2,19,23)/t9-,11+/m1/s1. The van der Waals surface area contributed by atoms with Crippen LogP contribution < -0.4 is 5.73 Å². The molecule has 0 saturated heterocycles. The molecule has 8 heteroatoms. The van der Waals surface area contributed by atoms with Crippen molar-refractivity contribution in [2.75, 3.05) is 0 Å². The number of carbonyl (C=O) groups excluding carboxylic acids is 3. The Morgan fingerprint density at radius 3 is 2.60 bits per heavy atom. The second-order valence-electron chi connectivity index (χ2n) is 7.00. The number of nitrogens with two attached hydrogens (primary N) is 1. The van der Waals surface area contributed by atoms with Gasteiger partial charge in [-0.25, -0.2) is 4.98 Å². The van der Waals surface area contributed by atoms with Gasteiger partial charge in [-0.2, -0.15) is 0 Å². The normalized spacial score (nSPS) is 18.0. The molecule has 0 aromatic carbocycles. The third kappa shape index (κ3) is 4.28. The molecule has 0 saturated carbocycles. The van der Waals surface area contributed by atoms with E-state index in [0.29, 0.717) is 11.3 Å². The van der Waals surface area contributed by atoms with Crippen molar-refractivity contribution in [1.29, 1.82) is 0 Å². The molecule has 1 aromatic rings. The summed E-state index contributed by atoms with van der Waals surface area (Å²) >= 11 is 5.90. The molecule has 0 spiro atoms. The number of amides is 2. The number of esters is 1. The average Bonchev–Trinajstić information content (AvgIpc) is 2.70. The van der Waals surface area contributed by atoms with Crippen LogP contribution in [-0.4, -0.2) is 39.3 Å². The lowest BCUT2D eigenvalue weighted by atomic mass is 10.1. The minimum Gasteiger partial charge on any atom is -0.460 e. The van der Waals surface area contributed by atoms with Crippen molar-refractivity contribution in [1.82, 2.24) is 9.88 Å². The lowest BCUT2D eigenvalue weighted by Crippen LogP contribution is -2.46. The maximum absolute atomic E-state index is 12.7. The van der Waals surface area contributed by atoms with Crippen molar-refractivity contribution >= 4 is 29.4 Å². The van der Waals surface area contributed by atoms with Crippen LogP contribution in [-0.2, 0) is 14.3 Å². The summed E-state index contributed by atoms with van der Waals surface area (Å²) in [5, 5.41) is 0.268. The number of ether oxygens (including phenoxy) is 1. The fourth-order valence-corrected chi connectivity index (χ4v) is 3.03. The minimum absolute atomic E-state index is 0.0219. The van der Waals surface area contributed by atoms with Crippen LogP contribution in [0, 0.1) is 0 Å². The second-order valence-corrected chi connectivity index (χ2v) is 7.39. The first-order valence-corrected chi connectivity index (χ1v) is 8.39. The van der Waals surface area contributed by atoms with Gasteiger partial charge in [0.15, 0.2) is 0 Å². The van der Waals surface area contributed by atoms with Crippen LogP contribution in [0.5, 0.6) is 0 Å². The van der Waals surface area contributed by atoms with Gasteiger partial charge in [-0.15, -0.1) is 0 Å². The van der Waals surface area contributed by atoms with E-state index in [4.69, 9.17) is 22.1 Å². The van der Waals surface area contributed by atoms with Crippen molar-refractivity contribution in [3.8, 4) is 0 Å². The summed E-state index contributed by atoms with van der Waals surface area (Å²) < 4.78 is 5.24. The lowest BCUT2D eigenvalue weighted by Gasteiger charge is -2.29. The van der Waals surface area contributed by atoms with E-state index in [1.165, 1.54) is 11.0 Å². The van der Waals surface area contributed by atoms with E-state index in [2.05, 4.69) is 4.98 Å². The molecule has 1 aliphatic heterocycles. The first-order chi connectivity index (χ1) is 11.5. The number of fused-ring (bicyclic) bond motifs is 1. The summed E-state index contributed by atoms with van der Waals surface area (Å²) in [6, 6.07) is 1.71. The van der Waals surface area contributed by atoms with Gasteiger partial charge >= 0.3 is 5.97 Å². The number of hydrogen-bond acceptors (Lipinski definition) is 5. The Bertz CT molecular complexity index is 714. The highest BCUT2D eigenvalue weighted by Gasteiger charge is 2.41. The predicted molar refractivity (Wildman–Crippen MR) is 91.9 cm³/mol. The fraction of sp³-hybridized carbons (Fsp3) is 0.529. The van der Waals surface area contributed by atoms with Crippen LogP contribution in [0.2, 0.25) is 5.15 Å². The molecule has 2 heterocycles. The third-order valence-electron chi connectivity index (χ3n) is 3.87. The van der Waals surface area contributed by atoms with Crippen LogP contribution in [0.1, 0.15) is 62.6 Å². The van der Waals surface area contributed by atoms with Crippen molar-refractivity contribution in [3.05, 3.63) is 28.5 Å². The van der Waals surface area contributed by atoms with Gasteiger partial charge < -0.3 is 15.4 Å². The van der Waals surface area contributed by atoms with Crippen LogP contribution in [0.25, 0.3) is 0 Å². The Morgan fingerprint density at radius 2 is 2.04 bits per heavy atom. The van der Waals surface area contributed by atoms with E-state index in [1.54, 1.807) is 33.8 Å². The Labute approximate surface area is 151 Å². The van der Waals surface area contributed by atoms with Gasteiger partial charge in [0.25, 0.3) is 5.91 Å². The molecule has 2 N–H and O–H groups in total. The van der Waals surface area contributed by atoms with Crippen molar-refractivity contribution in [2.24, 2.45) is 5.73 Å². The summed E-state index contributed by atoms with van der Waals surface area (Å²) in [4.78, 5) is 42.0. The zero-order valence-corrected chi connectivity index (χ0v) is 15.5.